The van der Waals surface area contributed by atoms with E-state index < -0.39 is 6.09 Å². The number of hydrazine groups is 1. The lowest BCUT2D eigenvalue weighted by Crippen LogP contribution is -2.39. The lowest BCUT2D eigenvalue weighted by atomic mass is 10.3. The van der Waals surface area contributed by atoms with E-state index in [-0.39, 0.29) is 6.10 Å². The number of nitrogens with zero attached hydrogens (tertiary/aromatic N) is 1. The first-order valence-electron chi connectivity index (χ1n) is 5.58. The van der Waals surface area contributed by atoms with Crippen molar-refractivity contribution in [2.45, 2.75) is 31.8 Å². The lowest BCUT2D eigenvalue weighted by Gasteiger charge is -2.19. The van der Waals surface area contributed by atoms with Crippen molar-refractivity contribution in [3.63, 3.8) is 0 Å². The van der Waals surface area contributed by atoms with E-state index in [4.69, 9.17) is 10.6 Å². The summed E-state index contributed by atoms with van der Waals surface area (Å²) in [6, 6.07) is 9.08. The van der Waals surface area contributed by atoms with Gasteiger partial charge in [-0.05, 0) is 37.8 Å². The number of carbonyl (C=O) groups excluding carboxylic acids is 1. The first-order chi connectivity index (χ1) is 7.77. The van der Waals surface area contributed by atoms with E-state index in [2.05, 4.69) is 0 Å². The number of ether oxygens (including phenoxy) is 1. The molecule has 86 valence electrons. The Bertz CT molecular complexity index is 347. The molecule has 0 bridgehead atoms. The van der Waals surface area contributed by atoms with E-state index in [1.54, 1.807) is 12.1 Å². The Morgan fingerprint density at radius 3 is 2.50 bits per heavy atom. The Morgan fingerprint density at radius 2 is 1.88 bits per heavy atom. The summed E-state index contributed by atoms with van der Waals surface area (Å²) in [6.07, 6.45) is 3.74. The number of para-hydroxylation sites is 1. The van der Waals surface area contributed by atoms with Crippen LogP contribution in [-0.2, 0) is 4.74 Å². The molecular weight excluding hydrogens is 204 g/mol. The minimum atomic E-state index is -0.474. The van der Waals surface area contributed by atoms with Gasteiger partial charge in [-0.2, -0.15) is 0 Å². The summed E-state index contributed by atoms with van der Waals surface area (Å²) in [5, 5.41) is 1.05. The molecular formula is C12H16N2O2. The highest BCUT2D eigenvalue weighted by Crippen LogP contribution is 2.22. The molecule has 0 aliphatic heterocycles. The van der Waals surface area contributed by atoms with Gasteiger partial charge in [-0.3, -0.25) is 0 Å². The van der Waals surface area contributed by atoms with Crippen molar-refractivity contribution in [3.05, 3.63) is 30.3 Å². The fraction of sp³-hybridized carbons (Fsp3) is 0.417. The second-order valence-corrected chi connectivity index (χ2v) is 4.00. The second-order valence-electron chi connectivity index (χ2n) is 4.00. The molecule has 0 saturated heterocycles. The SMILES string of the molecule is NN(C(=O)OC1CCCC1)c1ccccc1. The molecule has 1 saturated carbocycles. The van der Waals surface area contributed by atoms with E-state index in [0.29, 0.717) is 5.69 Å². The molecule has 1 aliphatic rings. The van der Waals surface area contributed by atoms with Crippen LogP contribution in [0.15, 0.2) is 30.3 Å². The predicted octanol–water partition coefficient (Wildman–Crippen LogP) is 2.45. The third kappa shape index (κ3) is 2.52. The van der Waals surface area contributed by atoms with Gasteiger partial charge in [0.25, 0.3) is 0 Å². The number of hydrogen-bond donors (Lipinski definition) is 1. The van der Waals surface area contributed by atoms with E-state index in [1.165, 1.54) is 0 Å². The first kappa shape index (κ1) is 11.0. The quantitative estimate of drug-likeness (QED) is 0.473. The summed E-state index contributed by atoms with van der Waals surface area (Å²) in [5.74, 6) is 5.68. The van der Waals surface area contributed by atoms with Crippen molar-refractivity contribution in [1.29, 1.82) is 0 Å². The van der Waals surface area contributed by atoms with Crippen LogP contribution >= 0.6 is 0 Å². The van der Waals surface area contributed by atoms with Gasteiger partial charge in [-0.15, -0.1) is 0 Å². The highest BCUT2D eigenvalue weighted by Gasteiger charge is 2.22. The first-order valence-corrected chi connectivity index (χ1v) is 5.58. The van der Waals surface area contributed by atoms with Crippen molar-refractivity contribution < 1.29 is 9.53 Å². The molecule has 0 atom stereocenters. The molecule has 2 N–H and O–H groups in total. The Kier molecular flexibility index (Phi) is 3.41. The number of carbonyl (C=O) groups is 1. The molecule has 2 rings (SSSR count). The van der Waals surface area contributed by atoms with Crippen LogP contribution in [0.1, 0.15) is 25.7 Å². The number of amides is 1. The Balaban J connectivity index is 1.94. The molecule has 1 amide bonds. The number of nitrogens with two attached hydrogens (primary N) is 1. The molecule has 0 aromatic heterocycles. The fourth-order valence-corrected chi connectivity index (χ4v) is 1.90. The second kappa shape index (κ2) is 4.99. The monoisotopic (exact) mass is 220 g/mol. The number of benzene rings is 1. The van der Waals surface area contributed by atoms with Gasteiger partial charge in [0.2, 0.25) is 0 Å². The standard InChI is InChI=1S/C12H16N2O2/c13-14(10-6-2-1-3-7-10)12(15)16-11-8-4-5-9-11/h1-3,6-7,11H,4-5,8-9,13H2. The third-order valence-corrected chi connectivity index (χ3v) is 2.80. The average Bonchev–Trinajstić information content (AvgIpc) is 2.82. The molecule has 0 unspecified atom stereocenters. The van der Waals surface area contributed by atoms with Crippen LogP contribution < -0.4 is 10.9 Å². The molecule has 0 spiro atoms. The summed E-state index contributed by atoms with van der Waals surface area (Å²) in [7, 11) is 0. The lowest BCUT2D eigenvalue weighted by molar-refractivity contribution is 0.107. The molecule has 4 heteroatoms. The highest BCUT2D eigenvalue weighted by atomic mass is 16.6. The molecule has 0 radical (unpaired) electrons. The molecule has 0 heterocycles. The maximum atomic E-state index is 11.7. The number of anilines is 1. The predicted molar refractivity (Wildman–Crippen MR) is 61.8 cm³/mol. The zero-order valence-corrected chi connectivity index (χ0v) is 9.13. The maximum Gasteiger partial charge on any atom is 0.429 e. The number of hydrogen-bond acceptors (Lipinski definition) is 3. The molecule has 1 aliphatic carbocycles. The van der Waals surface area contributed by atoms with Gasteiger partial charge in [-0.25, -0.2) is 15.6 Å². The minimum absolute atomic E-state index is 0.0438. The Labute approximate surface area is 95.0 Å². The Morgan fingerprint density at radius 1 is 1.25 bits per heavy atom. The molecule has 1 aromatic rings. The van der Waals surface area contributed by atoms with E-state index >= 15 is 0 Å². The summed E-state index contributed by atoms with van der Waals surface area (Å²) in [5.41, 5.74) is 0.644. The topological polar surface area (TPSA) is 55.6 Å². The van der Waals surface area contributed by atoms with Crippen LogP contribution in [0.5, 0.6) is 0 Å². The average molecular weight is 220 g/mol. The largest absolute Gasteiger partial charge is 0.445 e. The van der Waals surface area contributed by atoms with Gasteiger partial charge in [0.05, 0.1) is 5.69 Å². The minimum Gasteiger partial charge on any atom is -0.445 e. The zero-order chi connectivity index (χ0) is 11.4. The summed E-state index contributed by atoms with van der Waals surface area (Å²) < 4.78 is 5.29. The Hall–Kier alpha value is -1.55. The number of rotatable bonds is 2. The van der Waals surface area contributed by atoms with Crippen LogP contribution in [0.4, 0.5) is 10.5 Å². The normalized spacial score (nSPS) is 16.1. The van der Waals surface area contributed by atoms with Crippen LogP contribution in [0.2, 0.25) is 0 Å². The molecule has 1 aromatic carbocycles. The van der Waals surface area contributed by atoms with Crippen LogP contribution in [-0.4, -0.2) is 12.2 Å². The van der Waals surface area contributed by atoms with Crippen molar-refractivity contribution in [1.82, 2.24) is 0 Å². The summed E-state index contributed by atoms with van der Waals surface area (Å²) >= 11 is 0. The maximum absolute atomic E-state index is 11.7. The fourth-order valence-electron chi connectivity index (χ4n) is 1.90. The molecule has 16 heavy (non-hydrogen) atoms. The highest BCUT2D eigenvalue weighted by molar-refractivity contribution is 5.86. The van der Waals surface area contributed by atoms with E-state index in [9.17, 15) is 4.79 Å². The van der Waals surface area contributed by atoms with E-state index in [1.807, 2.05) is 18.2 Å². The van der Waals surface area contributed by atoms with Crippen LogP contribution in [0.25, 0.3) is 0 Å². The summed E-state index contributed by atoms with van der Waals surface area (Å²) in [4.78, 5) is 11.7. The van der Waals surface area contributed by atoms with Crippen molar-refractivity contribution >= 4 is 11.8 Å². The zero-order valence-electron chi connectivity index (χ0n) is 9.13. The van der Waals surface area contributed by atoms with Gasteiger partial charge in [0.15, 0.2) is 0 Å². The smallest absolute Gasteiger partial charge is 0.429 e. The van der Waals surface area contributed by atoms with Crippen molar-refractivity contribution in [3.8, 4) is 0 Å². The van der Waals surface area contributed by atoms with Gasteiger partial charge in [0.1, 0.15) is 6.10 Å². The molecule has 1 fully saturated rings. The van der Waals surface area contributed by atoms with Crippen molar-refractivity contribution in [2.24, 2.45) is 5.84 Å². The third-order valence-electron chi connectivity index (χ3n) is 2.80. The van der Waals surface area contributed by atoms with Crippen LogP contribution in [0.3, 0.4) is 0 Å². The van der Waals surface area contributed by atoms with Gasteiger partial charge in [-0.1, -0.05) is 18.2 Å². The van der Waals surface area contributed by atoms with E-state index in [0.717, 1.165) is 30.7 Å². The van der Waals surface area contributed by atoms with Gasteiger partial charge >= 0.3 is 6.09 Å². The van der Waals surface area contributed by atoms with Gasteiger partial charge in [0, 0.05) is 0 Å². The van der Waals surface area contributed by atoms with Crippen LogP contribution in [0, 0.1) is 0 Å². The molecule has 4 nitrogen and oxygen atoms in total. The van der Waals surface area contributed by atoms with Crippen molar-refractivity contribution in [2.75, 3.05) is 5.01 Å². The van der Waals surface area contributed by atoms with Gasteiger partial charge < -0.3 is 4.74 Å². The summed E-state index contributed by atoms with van der Waals surface area (Å²) in [6.45, 7) is 0.